The Hall–Kier alpha value is -1.62. The molecule has 2 heterocycles. The molecule has 0 aromatic carbocycles. The zero-order valence-corrected chi connectivity index (χ0v) is 9.80. The van der Waals surface area contributed by atoms with Crippen LogP contribution >= 0.6 is 0 Å². The predicted molar refractivity (Wildman–Crippen MR) is 63.4 cm³/mol. The number of nitrogens with zero attached hydrogens (tertiary/aromatic N) is 2. The molecular weight excluding hydrogens is 220 g/mol. The molecule has 1 saturated heterocycles. The molecule has 1 atom stereocenters. The first kappa shape index (κ1) is 11.9. The maximum atomic E-state index is 10.7. The van der Waals surface area contributed by atoms with Crippen LogP contribution in [0.25, 0.3) is 0 Å². The summed E-state index contributed by atoms with van der Waals surface area (Å²) in [7, 11) is 1.71. The Morgan fingerprint density at radius 1 is 1.65 bits per heavy atom. The third-order valence-electron chi connectivity index (χ3n) is 3.02. The van der Waals surface area contributed by atoms with Crippen LogP contribution in [0.15, 0.2) is 18.3 Å². The highest BCUT2D eigenvalue weighted by Crippen LogP contribution is 2.23. The highest BCUT2D eigenvalue weighted by atomic mass is 16.5. The van der Waals surface area contributed by atoms with Crippen LogP contribution in [0.2, 0.25) is 0 Å². The van der Waals surface area contributed by atoms with Crippen LogP contribution in [0.3, 0.4) is 0 Å². The number of carboxylic acid groups (broad SMARTS) is 1. The van der Waals surface area contributed by atoms with Gasteiger partial charge in [0.2, 0.25) is 0 Å². The van der Waals surface area contributed by atoms with E-state index >= 15 is 0 Å². The van der Waals surface area contributed by atoms with E-state index in [0.29, 0.717) is 5.92 Å². The van der Waals surface area contributed by atoms with E-state index in [0.717, 1.165) is 31.8 Å². The van der Waals surface area contributed by atoms with Crippen molar-refractivity contribution in [2.45, 2.75) is 6.42 Å². The molecule has 0 saturated carbocycles. The maximum absolute atomic E-state index is 10.7. The first-order valence-corrected chi connectivity index (χ1v) is 5.64. The van der Waals surface area contributed by atoms with E-state index in [9.17, 15) is 4.79 Å². The van der Waals surface area contributed by atoms with Crippen molar-refractivity contribution >= 4 is 11.7 Å². The Morgan fingerprint density at radius 3 is 3.06 bits per heavy atom. The van der Waals surface area contributed by atoms with Crippen molar-refractivity contribution in [3.8, 4) is 0 Å². The molecule has 5 nitrogen and oxygen atoms in total. The van der Waals surface area contributed by atoms with Crippen molar-refractivity contribution in [2.75, 3.05) is 31.7 Å². The van der Waals surface area contributed by atoms with Gasteiger partial charge in [0.25, 0.3) is 0 Å². The lowest BCUT2D eigenvalue weighted by Crippen LogP contribution is -2.21. The highest BCUT2D eigenvalue weighted by Gasteiger charge is 2.22. The Morgan fingerprint density at radius 2 is 2.47 bits per heavy atom. The SMILES string of the molecule is COCC1CCN(c2ccc(C(=O)O)nc2)C1. The van der Waals surface area contributed by atoms with Gasteiger partial charge in [0.05, 0.1) is 18.5 Å². The summed E-state index contributed by atoms with van der Waals surface area (Å²) in [5.74, 6) is -0.436. The molecule has 5 heteroatoms. The minimum Gasteiger partial charge on any atom is -0.477 e. The Balaban J connectivity index is 2.01. The van der Waals surface area contributed by atoms with Crippen LogP contribution in [-0.2, 0) is 4.74 Å². The van der Waals surface area contributed by atoms with Gasteiger partial charge in [-0.25, -0.2) is 9.78 Å². The molecule has 1 aliphatic rings. The van der Waals surface area contributed by atoms with Crippen LogP contribution in [0.1, 0.15) is 16.9 Å². The van der Waals surface area contributed by atoms with Gasteiger partial charge in [-0.2, -0.15) is 0 Å². The molecule has 0 bridgehead atoms. The number of rotatable bonds is 4. The molecule has 1 aromatic heterocycles. The lowest BCUT2D eigenvalue weighted by atomic mass is 10.1. The second-order valence-electron chi connectivity index (χ2n) is 4.26. The first-order chi connectivity index (χ1) is 8.20. The van der Waals surface area contributed by atoms with Crippen LogP contribution in [-0.4, -0.2) is 42.9 Å². The number of hydrogen-bond donors (Lipinski definition) is 1. The standard InChI is InChI=1S/C12H16N2O3/c1-17-8-9-4-5-14(7-9)10-2-3-11(12(15)16)13-6-10/h2-3,6,9H,4-5,7-8H2,1H3,(H,15,16). The van der Waals surface area contributed by atoms with Gasteiger partial charge in [0.1, 0.15) is 5.69 Å². The summed E-state index contributed by atoms with van der Waals surface area (Å²) in [6.45, 7) is 2.70. The lowest BCUT2D eigenvalue weighted by Gasteiger charge is -2.18. The van der Waals surface area contributed by atoms with Crippen LogP contribution in [0, 0.1) is 5.92 Å². The number of carbonyl (C=O) groups is 1. The van der Waals surface area contributed by atoms with Crippen LogP contribution in [0.5, 0.6) is 0 Å². The van der Waals surface area contributed by atoms with Crippen molar-refractivity contribution in [1.82, 2.24) is 4.98 Å². The number of ether oxygens (including phenoxy) is 1. The molecule has 17 heavy (non-hydrogen) atoms. The minimum absolute atomic E-state index is 0.0846. The summed E-state index contributed by atoms with van der Waals surface area (Å²) < 4.78 is 5.14. The van der Waals surface area contributed by atoms with E-state index in [1.165, 1.54) is 0 Å². The Kier molecular flexibility index (Phi) is 3.58. The summed E-state index contributed by atoms with van der Waals surface area (Å²) in [6.07, 6.45) is 2.73. The third-order valence-corrected chi connectivity index (χ3v) is 3.02. The largest absolute Gasteiger partial charge is 0.477 e. The number of hydrogen-bond acceptors (Lipinski definition) is 4. The van der Waals surface area contributed by atoms with Gasteiger partial charge in [-0.15, -0.1) is 0 Å². The predicted octanol–water partition coefficient (Wildman–Crippen LogP) is 1.25. The normalized spacial score (nSPS) is 19.6. The molecule has 0 spiro atoms. The third kappa shape index (κ3) is 2.74. The summed E-state index contributed by atoms with van der Waals surface area (Å²) in [5.41, 5.74) is 1.06. The van der Waals surface area contributed by atoms with Crippen molar-refractivity contribution in [2.24, 2.45) is 5.92 Å². The summed E-state index contributed by atoms with van der Waals surface area (Å²) in [6, 6.07) is 3.35. The lowest BCUT2D eigenvalue weighted by molar-refractivity contribution is 0.0690. The molecular formula is C12H16N2O3. The van der Waals surface area contributed by atoms with Gasteiger partial charge < -0.3 is 14.7 Å². The van der Waals surface area contributed by atoms with Crippen molar-refractivity contribution in [3.63, 3.8) is 0 Å². The molecule has 92 valence electrons. The molecule has 1 N–H and O–H groups in total. The Bertz CT molecular complexity index is 391. The number of aromatic carboxylic acids is 1. The van der Waals surface area contributed by atoms with Crippen molar-refractivity contribution in [3.05, 3.63) is 24.0 Å². The van der Waals surface area contributed by atoms with E-state index in [4.69, 9.17) is 9.84 Å². The topological polar surface area (TPSA) is 62.7 Å². The average molecular weight is 236 g/mol. The van der Waals surface area contributed by atoms with E-state index in [1.54, 1.807) is 19.4 Å². The van der Waals surface area contributed by atoms with Gasteiger partial charge in [0.15, 0.2) is 0 Å². The molecule has 0 radical (unpaired) electrons. The number of carboxylic acids is 1. The maximum Gasteiger partial charge on any atom is 0.354 e. The average Bonchev–Trinajstić information content (AvgIpc) is 2.78. The quantitative estimate of drug-likeness (QED) is 0.852. The highest BCUT2D eigenvalue weighted by molar-refractivity contribution is 5.85. The van der Waals surface area contributed by atoms with Gasteiger partial charge in [-0.05, 0) is 18.6 Å². The summed E-state index contributed by atoms with van der Waals surface area (Å²) >= 11 is 0. The summed E-state index contributed by atoms with van der Waals surface area (Å²) in [5, 5.41) is 8.76. The van der Waals surface area contributed by atoms with Gasteiger partial charge in [-0.1, -0.05) is 0 Å². The molecule has 2 rings (SSSR count). The van der Waals surface area contributed by atoms with E-state index in [2.05, 4.69) is 9.88 Å². The molecule has 0 aliphatic carbocycles. The van der Waals surface area contributed by atoms with Crippen LogP contribution < -0.4 is 4.90 Å². The molecule has 1 aliphatic heterocycles. The van der Waals surface area contributed by atoms with Crippen molar-refractivity contribution in [1.29, 1.82) is 0 Å². The first-order valence-electron chi connectivity index (χ1n) is 5.64. The van der Waals surface area contributed by atoms with Gasteiger partial charge in [-0.3, -0.25) is 0 Å². The summed E-state index contributed by atoms with van der Waals surface area (Å²) in [4.78, 5) is 16.8. The smallest absolute Gasteiger partial charge is 0.354 e. The number of aromatic nitrogens is 1. The fraction of sp³-hybridized carbons (Fsp3) is 0.500. The number of anilines is 1. The van der Waals surface area contributed by atoms with E-state index < -0.39 is 5.97 Å². The minimum atomic E-state index is -0.991. The zero-order valence-electron chi connectivity index (χ0n) is 9.80. The molecule has 1 fully saturated rings. The fourth-order valence-electron chi connectivity index (χ4n) is 2.14. The zero-order chi connectivity index (χ0) is 12.3. The van der Waals surface area contributed by atoms with Crippen LogP contribution in [0.4, 0.5) is 5.69 Å². The van der Waals surface area contributed by atoms with Crippen molar-refractivity contribution < 1.29 is 14.6 Å². The Labute approximate surface area is 100 Å². The van der Waals surface area contributed by atoms with E-state index in [1.807, 2.05) is 6.07 Å². The fourth-order valence-corrected chi connectivity index (χ4v) is 2.14. The molecule has 0 amide bonds. The second-order valence-corrected chi connectivity index (χ2v) is 4.26. The number of methoxy groups -OCH3 is 1. The van der Waals surface area contributed by atoms with E-state index in [-0.39, 0.29) is 5.69 Å². The number of pyridine rings is 1. The monoisotopic (exact) mass is 236 g/mol. The molecule has 1 unspecified atom stereocenters. The van der Waals surface area contributed by atoms with Gasteiger partial charge in [0, 0.05) is 26.1 Å². The second kappa shape index (κ2) is 5.14. The van der Waals surface area contributed by atoms with Gasteiger partial charge >= 0.3 is 5.97 Å². The molecule has 1 aromatic rings.